The zero-order valence-corrected chi connectivity index (χ0v) is 10.6. The van der Waals surface area contributed by atoms with Crippen molar-refractivity contribution in [3.05, 3.63) is 28.3 Å². The van der Waals surface area contributed by atoms with E-state index in [0.717, 1.165) is 30.1 Å². The summed E-state index contributed by atoms with van der Waals surface area (Å²) in [7, 11) is 0. The van der Waals surface area contributed by atoms with Crippen LogP contribution in [-0.4, -0.2) is 23.4 Å². The second-order valence-electron chi connectivity index (χ2n) is 4.06. The van der Waals surface area contributed by atoms with E-state index in [1.807, 2.05) is 0 Å². The van der Waals surface area contributed by atoms with E-state index in [4.69, 9.17) is 10.6 Å². The van der Waals surface area contributed by atoms with Crippen molar-refractivity contribution >= 4 is 23.1 Å². The first-order valence-corrected chi connectivity index (χ1v) is 6.68. The van der Waals surface area contributed by atoms with Gasteiger partial charge in [-0.25, -0.2) is 0 Å². The van der Waals surface area contributed by atoms with Gasteiger partial charge in [0, 0.05) is 29.4 Å². The third-order valence-electron chi connectivity index (χ3n) is 2.73. The molecular weight excluding hydrogens is 254 g/mol. The van der Waals surface area contributed by atoms with Gasteiger partial charge in [-0.05, 0) is 18.9 Å². The predicted molar refractivity (Wildman–Crippen MR) is 70.6 cm³/mol. The molecule has 18 heavy (non-hydrogen) atoms. The van der Waals surface area contributed by atoms with E-state index in [2.05, 4.69) is 5.43 Å². The maximum atomic E-state index is 10.8. The number of hydrogen-bond donors (Lipinski definition) is 2. The molecule has 1 aromatic carbocycles. The topological polar surface area (TPSA) is 90.4 Å². The van der Waals surface area contributed by atoms with Gasteiger partial charge in [0.2, 0.25) is 0 Å². The molecule has 1 atom stereocenters. The van der Waals surface area contributed by atoms with E-state index in [1.54, 1.807) is 23.9 Å². The SMILES string of the molecule is NNc1cc(SCC2CCCO2)cc([N+](=O)[O-])c1. The maximum absolute atomic E-state index is 10.8. The summed E-state index contributed by atoms with van der Waals surface area (Å²) in [6.07, 6.45) is 2.41. The highest BCUT2D eigenvalue weighted by molar-refractivity contribution is 7.99. The summed E-state index contributed by atoms with van der Waals surface area (Å²) in [4.78, 5) is 11.2. The fourth-order valence-corrected chi connectivity index (χ4v) is 2.88. The molecule has 3 N–H and O–H groups in total. The van der Waals surface area contributed by atoms with Gasteiger partial charge in [-0.1, -0.05) is 0 Å². The lowest BCUT2D eigenvalue weighted by atomic mass is 10.3. The summed E-state index contributed by atoms with van der Waals surface area (Å²) in [5.74, 6) is 6.11. The Labute approximate surface area is 109 Å². The molecule has 98 valence electrons. The Kier molecular flexibility index (Phi) is 4.40. The number of benzene rings is 1. The fraction of sp³-hybridized carbons (Fsp3) is 0.455. The van der Waals surface area contributed by atoms with Crippen molar-refractivity contribution in [1.29, 1.82) is 0 Å². The van der Waals surface area contributed by atoms with Gasteiger partial charge < -0.3 is 10.2 Å². The number of thioether (sulfide) groups is 1. The molecule has 1 fully saturated rings. The highest BCUT2D eigenvalue weighted by Crippen LogP contribution is 2.29. The number of hydrazine groups is 1. The van der Waals surface area contributed by atoms with Crippen molar-refractivity contribution < 1.29 is 9.66 Å². The Morgan fingerprint density at radius 1 is 1.56 bits per heavy atom. The van der Waals surface area contributed by atoms with Gasteiger partial charge >= 0.3 is 0 Å². The van der Waals surface area contributed by atoms with Crippen LogP contribution in [-0.2, 0) is 4.74 Å². The molecule has 0 saturated carbocycles. The van der Waals surface area contributed by atoms with Gasteiger partial charge in [0.05, 0.1) is 16.7 Å². The Morgan fingerprint density at radius 3 is 3.00 bits per heavy atom. The summed E-state index contributed by atoms with van der Waals surface area (Å²) >= 11 is 1.55. The van der Waals surface area contributed by atoms with Crippen molar-refractivity contribution in [3.63, 3.8) is 0 Å². The van der Waals surface area contributed by atoms with Crippen molar-refractivity contribution in [2.24, 2.45) is 5.84 Å². The lowest BCUT2D eigenvalue weighted by molar-refractivity contribution is -0.385. The van der Waals surface area contributed by atoms with Crippen LogP contribution in [0.1, 0.15) is 12.8 Å². The monoisotopic (exact) mass is 269 g/mol. The number of rotatable bonds is 5. The molecule has 0 aliphatic carbocycles. The van der Waals surface area contributed by atoms with Gasteiger partial charge in [-0.15, -0.1) is 11.8 Å². The third kappa shape index (κ3) is 3.34. The highest BCUT2D eigenvalue weighted by Gasteiger charge is 2.16. The van der Waals surface area contributed by atoms with Crippen molar-refractivity contribution in [3.8, 4) is 0 Å². The van der Waals surface area contributed by atoms with E-state index < -0.39 is 4.92 Å². The van der Waals surface area contributed by atoms with E-state index in [-0.39, 0.29) is 11.8 Å². The zero-order chi connectivity index (χ0) is 13.0. The minimum absolute atomic E-state index is 0.0419. The molecular formula is C11H15N3O3S. The largest absolute Gasteiger partial charge is 0.377 e. The van der Waals surface area contributed by atoms with Crippen LogP contribution in [0.15, 0.2) is 23.1 Å². The summed E-state index contributed by atoms with van der Waals surface area (Å²) < 4.78 is 5.51. The smallest absolute Gasteiger partial charge is 0.272 e. The molecule has 6 nitrogen and oxygen atoms in total. The molecule has 2 rings (SSSR count). The maximum Gasteiger partial charge on any atom is 0.272 e. The Balaban J connectivity index is 2.05. The number of ether oxygens (including phenoxy) is 1. The summed E-state index contributed by atoms with van der Waals surface area (Å²) in [5, 5.41) is 10.8. The predicted octanol–water partition coefficient (Wildman–Crippen LogP) is 2.15. The first kappa shape index (κ1) is 13.1. The minimum atomic E-state index is -0.420. The average molecular weight is 269 g/mol. The van der Waals surface area contributed by atoms with E-state index in [1.165, 1.54) is 6.07 Å². The number of nitro groups is 1. The summed E-state index contributed by atoms with van der Waals surface area (Å²) in [5.41, 5.74) is 3.02. The van der Waals surface area contributed by atoms with Gasteiger partial charge in [0.25, 0.3) is 5.69 Å². The first-order valence-electron chi connectivity index (χ1n) is 5.69. The van der Waals surface area contributed by atoms with Crippen LogP contribution < -0.4 is 11.3 Å². The standard InChI is InChI=1S/C11H15N3O3S/c12-13-8-4-9(14(15)16)6-11(5-8)18-7-10-2-1-3-17-10/h4-6,10,13H,1-3,7,12H2. The molecule has 7 heteroatoms. The Bertz CT molecular complexity index is 436. The Hall–Kier alpha value is -1.31. The molecule has 1 heterocycles. The number of nitrogen functional groups attached to an aromatic ring is 1. The second-order valence-corrected chi connectivity index (χ2v) is 5.16. The quantitative estimate of drug-likeness (QED) is 0.368. The molecule has 0 radical (unpaired) electrons. The van der Waals surface area contributed by atoms with Crippen LogP contribution in [0.3, 0.4) is 0 Å². The molecule has 0 spiro atoms. The molecule has 1 aliphatic heterocycles. The van der Waals surface area contributed by atoms with Gasteiger partial charge in [0.15, 0.2) is 0 Å². The molecule has 1 unspecified atom stereocenters. The van der Waals surface area contributed by atoms with Crippen LogP contribution in [0.25, 0.3) is 0 Å². The fourth-order valence-electron chi connectivity index (χ4n) is 1.82. The van der Waals surface area contributed by atoms with Crippen LogP contribution in [0, 0.1) is 10.1 Å². The molecule has 1 saturated heterocycles. The number of nitrogens with two attached hydrogens (primary N) is 1. The number of hydrogen-bond acceptors (Lipinski definition) is 6. The first-order chi connectivity index (χ1) is 8.69. The van der Waals surface area contributed by atoms with Gasteiger partial charge in [0.1, 0.15) is 0 Å². The van der Waals surface area contributed by atoms with Crippen LogP contribution in [0.5, 0.6) is 0 Å². The van der Waals surface area contributed by atoms with Crippen molar-refractivity contribution in [2.45, 2.75) is 23.8 Å². The zero-order valence-electron chi connectivity index (χ0n) is 9.80. The minimum Gasteiger partial charge on any atom is -0.377 e. The second kappa shape index (κ2) is 6.03. The van der Waals surface area contributed by atoms with E-state index in [9.17, 15) is 10.1 Å². The molecule has 0 aromatic heterocycles. The van der Waals surface area contributed by atoms with Gasteiger partial charge in [-0.2, -0.15) is 0 Å². The molecule has 1 aromatic rings. The number of nitrogens with one attached hydrogen (secondary N) is 1. The van der Waals surface area contributed by atoms with Crippen LogP contribution in [0.2, 0.25) is 0 Å². The average Bonchev–Trinajstić information content (AvgIpc) is 2.89. The van der Waals surface area contributed by atoms with Crippen LogP contribution in [0.4, 0.5) is 11.4 Å². The van der Waals surface area contributed by atoms with Crippen molar-refractivity contribution in [1.82, 2.24) is 0 Å². The number of non-ortho nitro benzene ring substituents is 1. The molecule has 0 amide bonds. The van der Waals surface area contributed by atoms with Crippen molar-refractivity contribution in [2.75, 3.05) is 17.8 Å². The lowest BCUT2D eigenvalue weighted by Crippen LogP contribution is -2.09. The number of nitro benzene ring substituents is 1. The lowest BCUT2D eigenvalue weighted by Gasteiger charge is -2.09. The number of anilines is 1. The van der Waals surface area contributed by atoms with Gasteiger partial charge in [-0.3, -0.25) is 16.0 Å². The summed E-state index contributed by atoms with van der Waals surface area (Å²) in [6, 6.07) is 4.77. The molecule has 0 bridgehead atoms. The normalized spacial score (nSPS) is 18.8. The van der Waals surface area contributed by atoms with E-state index in [0.29, 0.717) is 5.69 Å². The third-order valence-corrected chi connectivity index (χ3v) is 3.84. The Morgan fingerprint density at radius 2 is 2.39 bits per heavy atom. The molecule has 1 aliphatic rings. The van der Waals surface area contributed by atoms with Crippen LogP contribution >= 0.6 is 11.8 Å². The van der Waals surface area contributed by atoms with E-state index >= 15 is 0 Å². The number of nitrogens with zero attached hydrogens (tertiary/aromatic N) is 1. The highest BCUT2D eigenvalue weighted by atomic mass is 32.2. The summed E-state index contributed by atoms with van der Waals surface area (Å²) in [6.45, 7) is 0.815.